The highest BCUT2D eigenvalue weighted by Crippen LogP contribution is 2.10. The lowest BCUT2D eigenvalue weighted by Gasteiger charge is -2.06. The van der Waals surface area contributed by atoms with Crippen LogP contribution in [0.2, 0.25) is 0 Å². The van der Waals surface area contributed by atoms with E-state index in [1.165, 1.54) is 0 Å². The lowest BCUT2D eigenvalue weighted by molar-refractivity contribution is -0.120. The first-order valence-corrected chi connectivity index (χ1v) is 5.13. The van der Waals surface area contributed by atoms with Crippen molar-refractivity contribution >= 4 is 17.4 Å². The molecule has 0 aromatic heterocycles. The van der Waals surface area contributed by atoms with Gasteiger partial charge in [-0.15, -0.1) is 0 Å². The average Bonchev–Trinajstić information content (AvgIpc) is 2.35. The fourth-order valence-electron chi connectivity index (χ4n) is 1.21. The van der Waals surface area contributed by atoms with Crippen LogP contribution in [0.4, 0.5) is 5.69 Å². The molecule has 92 valence electrons. The summed E-state index contributed by atoms with van der Waals surface area (Å²) >= 11 is 0. The molecule has 0 spiro atoms. The Labute approximate surface area is 99.1 Å². The molecule has 1 rings (SSSR count). The number of hydrogen-bond acceptors (Lipinski definition) is 4. The maximum absolute atomic E-state index is 11.4. The van der Waals surface area contributed by atoms with Crippen LogP contribution < -0.4 is 11.1 Å². The number of nitrogens with zero attached hydrogens (tertiary/aromatic N) is 1. The molecule has 1 aromatic rings. The molecule has 4 N–H and O–H groups in total. The lowest BCUT2D eigenvalue weighted by Crippen LogP contribution is -2.19. The van der Waals surface area contributed by atoms with Crippen molar-refractivity contribution in [3.63, 3.8) is 0 Å². The van der Waals surface area contributed by atoms with Gasteiger partial charge in [0.2, 0.25) is 5.91 Å². The number of carbonyl (C=O) groups is 1. The van der Waals surface area contributed by atoms with E-state index >= 15 is 0 Å². The van der Waals surface area contributed by atoms with E-state index in [-0.39, 0.29) is 18.3 Å². The number of ether oxygens (including phenoxy) is 1. The number of amidine groups is 1. The topological polar surface area (TPSA) is 96.9 Å². The Kier molecular flexibility index (Phi) is 4.96. The van der Waals surface area contributed by atoms with Crippen LogP contribution in [0.5, 0.6) is 0 Å². The van der Waals surface area contributed by atoms with Crippen LogP contribution in [0.3, 0.4) is 0 Å². The number of amides is 1. The van der Waals surface area contributed by atoms with Gasteiger partial charge in [-0.3, -0.25) is 4.79 Å². The minimum atomic E-state index is -0.247. The SMILES string of the molecule is CCOCC(=O)Nc1cccc(/C(N)=N/O)c1. The van der Waals surface area contributed by atoms with Gasteiger partial charge in [-0.2, -0.15) is 0 Å². The second-order valence-corrected chi connectivity index (χ2v) is 3.25. The van der Waals surface area contributed by atoms with Crippen molar-refractivity contribution in [1.29, 1.82) is 0 Å². The van der Waals surface area contributed by atoms with Crippen LogP contribution in [0.1, 0.15) is 12.5 Å². The highest BCUT2D eigenvalue weighted by atomic mass is 16.5. The first-order chi connectivity index (χ1) is 8.17. The van der Waals surface area contributed by atoms with Crippen LogP contribution in [-0.4, -0.2) is 30.2 Å². The molecule has 0 fully saturated rings. The summed E-state index contributed by atoms with van der Waals surface area (Å²) in [5.74, 6) is -0.255. The summed E-state index contributed by atoms with van der Waals surface area (Å²) in [6.45, 7) is 2.30. The molecule has 1 amide bonds. The van der Waals surface area contributed by atoms with Gasteiger partial charge in [0.05, 0.1) is 0 Å². The van der Waals surface area contributed by atoms with Crippen molar-refractivity contribution in [2.45, 2.75) is 6.92 Å². The monoisotopic (exact) mass is 237 g/mol. The van der Waals surface area contributed by atoms with Crippen molar-refractivity contribution in [2.75, 3.05) is 18.5 Å². The normalized spacial score (nSPS) is 11.2. The zero-order valence-corrected chi connectivity index (χ0v) is 9.51. The minimum absolute atomic E-state index is 0.00426. The third kappa shape index (κ3) is 4.12. The molecule has 0 saturated heterocycles. The number of oxime groups is 1. The van der Waals surface area contributed by atoms with Crippen molar-refractivity contribution in [3.05, 3.63) is 29.8 Å². The largest absolute Gasteiger partial charge is 0.409 e. The Balaban J connectivity index is 2.69. The van der Waals surface area contributed by atoms with Gasteiger partial charge in [-0.05, 0) is 19.1 Å². The molecule has 0 aliphatic heterocycles. The molecule has 0 heterocycles. The van der Waals surface area contributed by atoms with Crippen molar-refractivity contribution in [2.24, 2.45) is 10.9 Å². The number of nitrogens with two attached hydrogens (primary N) is 1. The van der Waals surface area contributed by atoms with Gasteiger partial charge in [0.1, 0.15) is 6.61 Å². The summed E-state index contributed by atoms with van der Waals surface area (Å²) in [5.41, 5.74) is 6.53. The van der Waals surface area contributed by atoms with E-state index in [1.54, 1.807) is 24.3 Å². The summed E-state index contributed by atoms with van der Waals surface area (Å²) in [6.07, 6.45) is 0. The van der Waals surface area contributed by atoms with Gasteiger partial charge in [0, 0.05) is 17.9 Å². The third-order valence-corrected chi connectivity index (χ3v) is 1.99. The number of anilines is 1. The van der Waals surface area contributed by atoms with Gasteiger partial charge in [-0.1, -0.05) is 17.3 Å². The molecule has 1 aromatic carbocycles. The summed E-state index contributed by atoms with van der Waals surface area (Å²) in [6, 6.07) is 6.69. The quantitative estimate of drug-likeness (QED) is 0.305. The van der Waals surface area contributed by atoms with E-state index in [1.807, 2.05) is 6.92 Å². The van der Waals surface area contributed by atoms with Gasteiger partial charge in [0.25, 0.3) is 0 Å². The second kappa shape index (κ2) is 6.49. The van der Waals surface area contributed by atoms with E-state index in [4.69, 9.17) is 15.7 Å². The van der Waals surface area contributed by atoms with Crippen LogP contribution in [0.15, 0.2) is 29.4 Å². The Morgan fingerprint density at radius 2 is 2.35 bits per heavy atom. The number of rotatable bonds is 5. The lowest BCUT2D eigenvalue weighted by atomic mass is 10.2. The van der Waals surface area contributed by atoms with Gasteiger partial charge >= 0.3 is 0 Å². The van der Waals surface area contributed by atoms with Gasteiger partial charge in [0.15, 0.2) is 5.84 Å². The summed E-state index contributed by atoms with van der Waals surface area (Å²) in [4.78, 5) is 11.4. The molecule has 0 aliphatic carbocycles. The Morgan fingerprint density at radius 3 is 3.00 bits per heavy atom. The maximum atomic E-state index is 11.4. The highest BCUT2D eigenvalue weighted by Gasteiger charge is 2.04. The number of nitrogens with one attached hydrogen (secondary N) is 1. The molecule has 0 radical (unpaired) electrons. The molecule has 0 aliphatic rings. The number of carbonyl (C=O) groups excluding carboxylic acids is 1. The zero-order chi connectivity index (χ0) is 12.7. The van der Waals surface area contributed by atoms with E-state index < -0.39 is 0 Å². The van der Waals surface area contributed by atoms with Crippen LogP contribution in [0.25, 0.3) is 0 Å². The summed E-state index contributed by atoms with van der Waals surface area (Å²) in [5, 5.41) is 14.1. The Bertz CT molecular complexity index is 418. The smallest absolute Gasteiger partial charge is 0.250 e. The fourth-order valence-corrected chi connectivity index (χ4v) is 1.21. The molecule has 0 saturated carbocycles. The molecule has 6 heteroatoms. The molecule has 0 bridgehead atoms. The predicted octanol–water partition coefficient (Wildman–Crippen LogP) is 0.756. The summed E-state index contributed by atoms with van der Waals surface area (Å²) in [7, 11) is 0. The van der Waals surface area contributed by atoms with Crippen LogP contribution in [0, 0.1) is 0 Å². The van der Waals surface area contributed by atoms with Gasteiger partial charge in [-0.25, -0.2) is 0 Å². The number of hydrogen-bond donors (Lipinski definition) is 3. The molecule has 6 nitrogen and oxygen atoms in total. The number of benzene rings is 1. The van der Waals surface area contributed by atoms with E-state index in [0.717, 1.165) is 0 Å². The van der Waals surface area contributed by atoms with Crippen molar-refractivity contribution < 1.29 is 14.7 Å². The Morgan fingerprint density at radius 1 is 1.59 bits per heavy atom. The Hall–Kier alpha value is -2.08. The van der Waals surface area contributed by atoms with Crippen LogP contribution in [-0.2, 0) is 9.53 Å². The predicted molar refractivity (Wildman–Crippen MR) is 64.1 cm³/mol. The molecular formula is C11H15N3O3. The van der Waals surface area contributed by atoms with E-state index in [0.29, 0.717) is 17.9 Å². The standard InChI is InChI=1S/C11H15N3O3/c1-2-17-7-10(15)13-9-5-3-4-8(6-9)11(12)14-16/h3-6,16H,2,7H2,1H3,(H2,12,14)(H,13,15). The zero-order valence-electron chi connectivity index (χ0n) is 9.51. The van der Waals surface area contributed by atoms with Crippen molar-refractivity contribution in [1.82, 2.24) is 0 Å². The van der Waals surface area contributed by atoms with Crippen LogP contribution >= 0.6 is 0 Å². The van der Waals surface area contributed by atoms with E-state index in [2.05, 4.69) is 10.5 Å². The average molecular weight is 237 g/mol. The molecular weight excluding hydrogens is 222 g/mol. The third-order valence-electron chi connectivity index (χ3n) is 1.99. The highest BCUT2D eigenvalue weighted by molar-refractivity contribution is 5.99. The van der Waals surface area contributed by atoms with E-state index in [9.17, 15) is 4.79 Å². The summed E-state index contributed by atoms with van der Waals surface area (Å²) < 4.78 is 4.97. The second-order valence-electron chi connectivity index (χ2n) is 3.25. The molecule has 0 unspecified atom stereocenters. The van der Waals surface area contributed by atoms with Gasteiger partial charge < -0.3 is 21.0 Å². The van der Waals surface area contributed by atoms with Crippen molar-refractivity contribution in [3.8, 4) is 0 Å². The maximum Gasteiger partial charge on any atom is 0.250 e. The minimum Gasteiger partial charge on any atom is -0.409 e. The molecule has 17 heavy (non-hydrogen) atoms. The fraction of sp³-hybridized carbons (Fsp3) is 0.273. The first kappa shape index (κ1) is 13.0. The molecule has 0 atom stereocenters. The first-order valence-electron chi connectivity index (χ1n) is 5.13.